The summed E-state index contributed by atoms with van der Waals surface area (Å²) >= 11 is 0. The fourth-order valence-corrected chi connectivity index (χ4v) is 3.61. The molecule has 8 heteroatoms. The fourth-order valence-electron chi connectivity index (χ4n) is 3.61. The number of nitrogens with one attached hydrogen (secondary N) is 2. The van der Waals surface area contributed by atoms with Crippen molar-refractivity contribution in [1.29, 1.82) is 0 Å². The Morgan fingerprint density at radius 2 is 1.68 bits per heavy atom. The predicted octanol–water partition coefficient (Wildman–Crippen LogP) is 4.90. The topological polar surface area (TPSA) is 97.0 Å². The lowest BCUT2D eigenvalue weighted by Gasteiger charge is -2.32. The second-order valence-corrected chi connectivity index (χ2v) is 9.54. The molecule has 2 aromatic carbocycles. The summed E-state index contributed by atoms with van der Waals surface area (Å²) in [4.78, 5) is 40.7. The van der Waals surface area contributed by atoms with Crippen molar-refractivity contribution >= 4 is 23.6 Å². The van der Waals surface area contributed by atoms with Gasteiger partial charge in [0.1, 0.15) is 23.9 Å². The van der Waals surface area contributed by atoms with Crippen LogP contribution in [0.1, 0.15) is 64.1 Å². The third kappa shape index (κ3) is 9.53. The number of methoxy groups -OCH3 is 1. The second kappa shape index (κ2) is 13.9. The number of amides is 3. The minimum atomic E-state index is -0.946. The molecule has 37 heavy (non-hydrogen) atoms. The van der Waals surface area contributed by atoms with E-state index < -0.39 is 23.6 Å². The number of terminal acetylenes is 1. The molecule has 198 valence electrons. The van der Waals surface area contributed by atoms with Crippen LogP contribution in [0, 0.1) is 12.3 Å². The van der Waals surface area contributed by atoms with Gasteiger partial charge in [0.05, 0.1) is 7.11 Å². The molecular formula is C29H37N3O5. The van der Waals surface area contributed by atoms with Crippen LogP contribution in [-0.4, -0.2) is 48.6 Å². The number of hydrogen-bond acceptors (Lipinski definition) is 5. The Morgan fingerprint density at radius 3 is 2.22 bits per heavy atom. The van der Waals surface area contributed by atoms with Gasteiger partial charge >= 0.3 is 6.09 Å². The quantitative estimate of drug-likeness (QED) is 0.333. The molecule has 0 saturated heterocycles. The number of hydrogen-bond donors (Lipinski definition) is 2. The molecule has 0 spiro atoms. The monoisotopic (exact) mass is 507 g/mol. The third-order valence-electron chi connectivity index (χ3n) is 5.42. The van der Waals surface area contributed by atoms with Crippen molar-refractivity contribution in [1.82, 2.24) is 10.2 Å². The van der Waals surface area contributed by atoms with Crippen LogP contribution < -0.4 is 15.4 Å². The molecule has 1 unspecified atom stereocenters. The normalized spacial score (nSPS) is 11.6. The molecule has 3 amide bonds. The minimum Gasteiger partial charge on any atom is -0.497 e. The lowest BCUT2D eigenvalue weighted by Crippen LogP contribution is -2.47. The smallest absolute Gasteiger partial charge is 0.408 e. The van der Waals surface area contributed by atoms with Crippen molar-refractivity contribution in [3.63, 3.8) is 0 Å². The molecule has 0 heterocycles. The number of unbranched alkanes of at least 4 members (excludes halogenated alkanes) is 2. The first-order valence-electron chi connectivity index (χ1n) is 12.4. The third-order valence-corrected chi connectivity index (χ3v) is 5.42. The maximum absolute atomic E-state index is 13.6. The van der Waals surface area contributed by atoms with Crippen LogP contribution in [-0.2, 0) is 14.3 Å². The average Bonchev–Trinajstić information content (AvgIpc) is 2.86. The van der Waals surface area contributed by atoms with E-state index in [1.165, 1.54) is 4.90 Å². The van der Waals surface area contributed by atoms with Crippen LogP contribution in [0.15, 0.2) is 48.5 Å². The number of alkyl carbamates (subject to hydrolysis) is 1. The molecule has 2 rings (SSSR count). The average molecular weight is 508 g/mol. The first-order chi connectivity index (χ1) is 17.6. The van der Waals surface area contributed by atoms with E-state index in [-0.39, 0.29) is 12.5 Å². The molecule has 0 aliphatic carbocycles. The van der Waals surface area contributed by atoms with Gasteiger partial charge in [-0.2, -0.15) is 0 Å². The van der Waals surface area contributed by atoms with E-state index in [1.807, 2.05) is 0 Å². The van der Waals surface area contributed by atoms with E-state index in [0.717, 1.165) is 12.8 Å². The van der Waals surface area contributed by atoms with Crippen LogP contribution in [0.4, 0.5) is 10.5 Å². The van der Waals surface area contributed by atoms with Crippen molar-refractivity contribution in [2.45, 2.75) is 58.6 Å². The highest BCUT2D eigenvalue weighted by molar-refractivity contribution is 5.98. The van der Waals surface area contributed by atoms with E-state index in [9.17, 15) is 14.4 Å². The number of benzene rings is 2. The Labute approximate surface area is 219 Å². The van der Waals surface area contributed by atoms with E-state index in [1.54, 1.807) is 76.4 Å². The summed E-state index contributed by atoms with van der Waals surface area (Å²) in [5.41, 5.74) is 1.12. The summed E-state index contributed by atoms with van der Waals surface area (Å²) in [6, 6.07) is 12.9. The molecule has 2 N–H and O–H groups in total. The minimum absolute atomic E-state index is 0.310. The molecule has 0 aliphatic heterocycles. The highest BCUT2D eigenvalue weighted by Crippen LogP contribution is 2.25. The van der Waals surface area contributed by atoms with Gasteiger partial charge in [-0.05, 0) is 69.2 Å². The van der Waals surface area contributed by atoms with Crippen molar-refractivity contribution in [3.8, 4) is 18.1 Å². The van der Waals surface area contributed by atoms with Gasteiger partial charge in [-0.3, -0.25) is 9.59 Å². The largest absolute Gasteiger partial charge is 0.497 e. The van der Waals surface area contributed by atoms with E-state index >= 15 is 0 Å². The lowest BCUT2D eigenvalue weighted by molar-refractivity contribution is -0.138. The molecule has 0 radical (unpaired) electrons. The van der Waals surface area contributed by atoms with Gasteiger partial charge in [-0.25, -0.2) is 4.79 Å². The maximum Gasteiger partial charge on any atom is 0.408 e. The van der Waals surface area contributed by atoms with Gasteiger partial charge in [0.2, 0.25) is 5.91 Å². The van der Waals surface area contributed by atoms with Gasteiger partial charge in [0, 0.05) is 17.8 Å². The zero-order valence-electron chi connectivity index (χ0n) is 22.3. The Balaban J connectivity index is 2.36. The molecule has 0 aromatic heterocycles. The zero-order valence-corrected chi connectivity index (χ0v) is 22.3. The van der Waals surface area contributed by atoms with Crippen LogP contribution in [0.25, 0.3) is 0 Å². The summed E-state index contributed by atoms with van der Waals surface area (Å²) in [6.45, 7) is 7.30. The van der Waals surface area contributed by atoms with Gasteiger partial charge < -0.3 is 25.0 Å². The Morgan fingerprint density at radius 1 is 1.03 bits per heavy atom. The fraction of sp³-hybridized carbons (Fsp3) is 0.414. The molecule has 0 aliphatic rings. The van der Waals surface area contributed by atoms with Crippen LogP contribution >= 0.6 is 0 Å². The summed E-state index contributed by atoms with van der Waals surface area (Å²) in [7, 11) is 1.56. The van der Waals surface area contributed by atoms with E-state index in [2.05, 4.69) is 23.5 Å². The molecular weight excluding hydrogens is 470 g/mol. The summed E-state index contributed by atoms with van der Waals surface area (Å²) in [6.07, 6.45) is 7.33. The molecule has 8 nitrogen and oxygen atoms in total. The van der Waals surface area contributed by atoms with Crippen molar-refractivity contribution < 1.29 is 23.9 Å². The van der Waals surface area contributed by atoms with E-state index in [4.69, 9.17) is 15.9 Å². The number of anilines is 1. The van der Waals surface area contributed by atoms with Crippen LogP contribution in [0.2, 0.25) is 0 Å². The first-order valence-corrected chi connectivity index (χ1v) is 12.4. The number of rotatable bonds is 11. The zero-order chi connectivity index (χ0) is 27.4. The standard InChI is InChI=1S/C29H37N3O5/c1-7-9-10-19-32(25(33)20-30-28(35)37-29(3,4)5)26(22-13-11-21(8-2)12-14-22)27(34)31-23-15-17-24(36-6)18-16-23/h2,11-18,26H,7,9-10,19-20H2,1,3-6H3,(H,30,35)(H,31,34). The molecule has 0 fully saturated rings. The predicted molar refractivity (Wildman–Crippen MR) is 144 cm³/mol. The van der Waals surface area contributed by atoms with Crippen molar-refractivity contribution in [2.24, 2.45) is 0 Å². The van der Waals surface area contributed by atoms with Gasteiger partial charge in [-0.15, -0.1) is 6.42 Å². The number of carbonyl (C=O) groups excluding carboxylic acids is 3. The van der Waals surface area contributed by atoms with Gasteiger partial charge in [-0.1, -0.05) is 37.8 Å². The maximum atomic E-state index is 13.6. The summed E-state index contributed by atoms with van der Waals surface area (Å²) in [5, 5.41) is 5.41. The second-order valence-electron chi connectivity index (χ2n) is 9.54. The van der Waals surface area contributed by atoms with Crippen molar-refractivity contribution in [2.75, 3.05) is 25.5 Å². The Kier molecular flexibility index (Phi) is 11.0. The summed E-state index contributed by atoms with van der Waals surface area (Å²) < 4.78 is 10.4. The highest BCUT2D eigenvalue weighted by Gasteiger charge is 2.31. The molecule has 2 aromatic rings. The number of nitrogens with zero attached hydrogens (tertiary/aromatic N) is 1. The van der Waals surface area contributed by atoms with E-state index in [0.29, 0.717) is 35.5 Å². The van der Waals surface area contributed by atoms with Crippen molar-refractivity contribution in [3.05, 3.63) is 59.7 Å². The Hall–Kier alpha value is -3.99. The Bertz CT molecular complexity index is 1080. The number of ether oxygens (including phenoxy) is 2. The van der Waals surface area contributed by atoms with Crippen LogP contribution in [0.3, 0.4) is 0 Å². The molecule has 0 saturated carbocycles. The molecule has 0 bridgehead atoms. The van der Waals surface area contributed by atoms with Crippen LogP contribution in [0.5, 0.6) is 5.75 Å². The highest BCUT2D eigenvalue weighted by atomic mass is 16.6. The van der Waals surface area contributed by atoms with Gasteiger partial charge in [0.25, 0.3) is 5.91 Å². The summed E-state index contributed by atoms with van der Waals surface area (Å²) in [5.74, 6) is 2.43. The van der Waals surface area contributed by atoms with Gasteiger partial charge in [0.15, 0.2) is 0 Å². The SMILES string of the molecule is C#Cc1ccc(C(C(=O)Nc2ccc(OC)cc2)N(CCCCC)C(=O)CNC(=O)OC(C)(C)C)cc1. The lowest BCUT2D eigenvalue weighted by atomic mass is 10.0. The molecule has 1 atom stereocenters. The first kappa shape index (κ1) is 29.2. The number of carbonyl (C=O) groups is 3.